The molecule has 0 spiro atoms. The normalized spacial score (nSPS) is 13.3. The molecule has 4 heteroatoms. The van der Waals surface area contributed by atoms with E-state index in [4.69, 9.17) is 9.47 Å². The third-order valence-electron chi connectivity index (χ3n) is 1.36. The van der Waals surface area contributed by atoms with Crippen LogP contribution in [0.5, 0.6) is 0 Å². The number of hydrogen-bond donors (Lipinski definition) is 0. The van der Waals surface area contributed by atoms with Crippen molar-refractivity contribution in [3.05, 3.63) is 0 Å². The van der Waals surface area contributed by atoms with Crippen LogP contribution in [0.4, 0.5) is 0 Å². The Balaban J connectivity index is 3.94. The van der Waals surface area contributed by atoms with E-state index in [1.165, 1.54) is 0 Å². The van der Waals surface area contributed by atoms with Gasteiger partial charge in [-0.3, -0.25) is 0 Å². The first-order chi connectivity index (χ1) is 5.79. The molecule has 1 atom stereocenters. The molecular formula is C8H15BrO3. The number of aldehydes is 1. The molecule has 12 heavy (non-hydrogen) atoms. The molecule has 0 aromatic carbocycles. The average Bonchev–Trinajstić information content (AvgIpc) is 2.07. The van der Waals surface area contributed by atoms with E-state index in [9.17, 15) is 4.79 Å². The number of ether oxygens (including phenoxy) is 2. The largest absolute Gasteiger partial charge is 0.352 e. The number of rotatable bonds is 7. The predicted molar refractivity (Wildman–Crippen MR) is 50.4 cm³/mol. The molecule has 0 aliphatic carbocycles. The van der Waals surface area contributed by atoms with E-state index < -0.39 is 6.29 Å². The molecule has 0 fully saturated rings. The number of carbonyl (C=O) groups excluding carboxylic acids is 1. The molecule has 0 bridgehead atoms. The van der Waals surface area contributed by atoms with E-state index in [2.05, 4.69) is 15.9 Å². The van der Waals surface area contributed by atoms with E-state index in [1.54, 1.807) is 0 Å². The highest BCUT2D eigenvalue weighted by Crippen LogP contribution is 2.10. The fourth-order valence-electron chi connectivity index (χ4n) is 0.797. The van der Waals surface area contributed by atoms with Gasteiger partial charge in [-0.25, -0.2) is 0 Å². The molecule has 0 heterocycles. The van der Waals surface area contributed by atoms with Crippen molar-refractivity contribution in [1.82, 2.24) is 0 Å². The van der Waals surface area contributed by atoms with Gasteiger partial charge < -0.3 is 14.3 Å². The van der Waals surface area contributed by atoms with Crippen LogP contribution in [0.25, 0.3) is 0 Å². The molecule has 0 radical (unpaired) electrons. The zero-order valence-electron chi connectivity index (χ0n) is 7.46. The first-order valence-corrected chi connectivity index (χ1v) is 5.16. The molecule has 0 N–H and O–H groups in total. The van der Waals surface area contributed by atoms with E-state index >= 15 is 0 Å². The van der Waals surface area contributed by atoms with Crippen molar-refractivity contribution in [2.45, 2.75) is 20.1 Å². The van der Waals surface area contributed by atoms with Crippen LogP contribution in [0.2, 0.25) is 0 Å². The van der Waals surface area contributed by atoms with Crippen LogP contribution in [0, 0.1) is 5.92 Å². The lowest BCUT2D eigenvalue weighted by Crippen LogP contribution is -2.29. The average molecular weight is 239 g/mol. The summed E-state index contributed by atoms with van der Waals surface area (Å²) in [5.74, 6) is -0.218. The van der Waals surface area contributed by atoms with Crippen LogP contribution in [-0.2, 0) is 14.3 Å². The minimum absolute atomic E-state index is 0.218. The Labute approximate surface area is 81.6 Å². The third kappa shape index (κ3) is 4.18. The van der Waals surface area contributed by atoms with Crippen molar-refractivity contribution in [1.29, 1.82) is 0 Å². The minimum atomic E-state index is -0.406. The summed E-state index contributed by atoms with van der Waals surface area (Å²) >= 11 is 3.23. The summed E-state index contributed by atoms with van der Waals surface area (Å²) in [6, 6.07) is 0. The van der Waals surface area contributed by atoms with E-state index in [-0.39, 0.29) is 5.92 Å². The second-order valence-corrected chi connectivity index (χ2v) is 2.88. The fraction of sp³-hybridized carbons (Fsp3) is 0.875. The van der Waals surface area contributed by atoms with Gasteiger partial charge in [-0.1, -0.05) is 15.9 Å². The Bertz CT molecular complexity index is 113. The summed E-state index contributed by atoms with van der Waals surface area (Å²) in [5, 5.41) is 0.571. The number of halogens is 1. The summed E-state index contributed by atoms with van der Waals surface area (Å²) in [6.07, 6.45) is 0.446. The first-order valence-electron chi connectivity index (χ1n) is 4.04. The van der Waals surface area contributed by atoms with Gasteiger partial charge in [0.05, 0.1) is 5.92 Å². The van der Waals surface area contributed by atoms with Crippen LogP contribution >= 0.6 is 15.9 Å². The second kappa shape index (κ2) is 7.71. The van der Waals surface area contributed by atoms with Crippen molar-refractivity contribution in [3.63, 3.8) is 0 Å². The van der Waals surface area contributed by atoms with Gasteiger partial charge in [-0.2, -0.15) is 0 Å². The van der Waals surface area contributed by atoms with E-state index in [1.807, 2.05) is 13.8 Å². The molecular weight excluding hydrogens is 224 g/mol. The Kier molecular flexibility index (Phi) is 7.75. The van der Waals surface area contributed by atoms with Crippen LogP contribution in [-0.4, -0.2) is 31.1 Å². The minimum Gasteiger partial charge on any atom is -0.352 e. The Morgan fingerprint density at radius 2 is 1.83 bits per heavy atom. The molecule has 0 saturated heterocycles. The molecule has 0 saturated carbocycles. The summed E-state index contributed by atoms with van der Waals surface area (Å²) in [7, 11) is 0. The lowest BCUT2D eigenvalue weighted by Gasteiger charge is -2.20. The van der Waals surface area contributed by atoms with Crippen LogP contribution in [0.1, 0.15) is 13.8 Å². The van der Waals surface area contributed by atoms with Gasteiger partial charge >= 0.3 is 0 Å². The monoisotopic (exact) mass is 238 g/mol. The SMILES string of the molecule is CCOC(OCC)[C@@H](C=O)CBr. The smallest absolute Gasteiger partial charge is 0.167 e. The maximum Gasteiger partial charge on any atom is 0.167 e. The molecule has 0 aliphatic rings. The van der Waals surface area contributed by atoms with Gasteiger partial charge in [-0.05, 0) is 13.8 Å². The van der Waals surface area contributed by atoms with Crippen molar-refractivity contribution in [3.8, 4) is 0 Å². The van der Waals surface area contributed by atoms with Gasteiger partial charge in [0.2, 0.25) is 0 Å². The Hall–Kier alpha value is 0.0700. The Morgan fingerprint density at radius 3 is 2.08 bits per heavy atom. The summed E-state index contributed by atoms with van der Waals surface area (Å²) in [4.78, 5) is 10.5. The van der Waals surface area contributed by atoms with E-state index in [0.717, 1.165) is 6.29 Å². The number of carbonyl (C=O) groups is 1. The van der Waals surface area contributed by atoms with Gasteiger partial charge in [0.15, 0.2) is 6.29 Å². The lowest BCUT2D eigenvalue weighted by atomic mass is 10.2. The standard InChI is InChI=1S/C8H15BrO3/c1-3-11-8(12-4-2)7(5-9)6-10/h6-8H,3-5H2,1-2H3/t7-/m1/s1. The maximum absolute atomic E-state index is 10.5. The van der Waals surface area contributed by atoms with Gasteiger partial charge in [-0.15, -0.1) is 0 Å². The van der Waals surface area contributed by atoms with Crippen molar-refractivity contribution in [2.75, 3.05) is 18.5 Å². The quantitative estimate of drug-likeness (QED) is 0.384. The topological polar surface area (TPSA) is 35.5 Å². The lowest BCUT2D eigenvalue weighted by molar-refractivity contribution is -0.164. The fourth-order valence-corrected chi connectivity index (χ4v) is 1.25. The molecule has 0 aromatic rings. The first kappa shape index (κ1) is 12.1. The number of hydrogen-bond acceptors (Lipinski definition) is 3. The molecule has 0 aliphatic heterocycles. The zero-order chi connectivity index (χ0) is 9.40. The highest BCUT2D eigenvalue weighted by atomic mass is 79.9. The molecule has 0 rings (SSSR count). The Morgan fingerprint density at radius 1 is 1.33 bits per heavy atom. The number of alkyl halides is 1. The van der Waals surface area contributed by atoms with Gasteiger partial charge in [0.25, 0.3) is 0 Å². The maximum atomic E-state index is 10.5. The van der Waals surface area contributed by atoms with Crippen molar-refractivity contribution < 1.29 is 14.3 Å². The van der Waals surface area contributed by atoms with Crippen LogP contribution in [0.15, 0.2) is 0 Å². The summed E-state index contributed by atoms with van der Waals surface area (Å²) < 4.78 is 10.5. The van der Waals surface area contributed by atoms with E-state index in [0.29, 0.717) is 18.5 Å². The summed E-state index contributed by atoms with van der Waals surface area (Å²) in [6.45, 7) is 4.87. The highest BCUT2D eigenvalue weighted by molar-refractivity contribution is 9.09. The molecule has 72 valence electrons. The van der Waals surface area contributed by atoms with Crippen LogP contribution < -0.4 is 0 Å². The van der Waals surface area contributed by atoms with Gasteiger partial charge in [0, 0.05) is 18.5 Å². The second-order valence-electron chi connectivity index (χ2n) is 2.23. The predicted octanol–water partition coefficient (Wildman–Crippen LogP) is 1.60. The van der Waals surface area contributed by atoms with Crippen molar-refractivity contribution in [2.24, 2.45) is 5.92 Å². The van der Waals surface area contributed by atoms with Crippen LogP contribution in [0.3, 0.4) is 0 Å². The zero-order valence-corrected chi connectivity index (χ0v) is 9.04. The summed E-state index contributed by atoms with van der Waals surface area (Å²) in [5.41, 5.74) is 0. The molecule has 3 nitrogen and oxygen atoms in total. The molecule has 0 unspecified atom stereocenters. The molecule has 0 amide bonds. The molecule has 0 aromatic heterocycles. The highest BCUT2D eigenvalue weighted by Gasteiger charge is 2.20. The van der Waals surface area contributed by atoms with Gasteiger partial charge in [0.1, 0.15) is 6.29 Å². The third-order valence-corrected chi connectivity index (χ3v) is 2.11. The van der Waals surface area contributed by atoms with Crippen molar-refractivity contribution >= 4 is 22.2 Å².